The van der Waals surface area contributed by atoms with Crippen molar-refractivity contribution in [1.82, 2.24) is 0 Å². The minimum atomic E-state index is -4.04. The number of hydrogen-bond donors (Lipinski definition) is 1. The molecular formula is C4H9NO3S. The summed E-state index contributed by atoms with van der Waals surface area (Å²) in [6.45, 7) is 0.984. The van der Waals surface area contributed by atoms with Crippen molar-refractivity contribution in [2.24, 2.45) is 0 Å². The van der Waals surface area contributed by atoms with Crippen LogP contribution in [0, 0.1) is 0 Å². The zero-order valence-corrected chi connectivity index (χ0v) is 5.78. The molecule has 1 rings (SSSR count). The minimum absolute atomic E-state index is 0.197. The van der Waals surface area contributed by atoms with E-state index in [1.54, 1.807) is 0 Å². The molecule has 1 aliphatic rings. The third-order valence-electron chi connectivity index (χ3n) is 1.51. The van der Waals surface area contributed by atoms with Crippen LogP contribution in [-0.4, -0.2) is 26.1 Å². The van der Waals surface area contributed by atoms with Crippen LogP contribution in [-0.2, 0) is 10.3 Å². The van der Waals surface area contributed by atoms with E-state index in [9.17, 15) is 13.0 Å². The highest BCUT2D eigenvalue weighted by Crippen LogP contribution is 1.88. The Balaban J connectivity index is 2.63. The van der Waals surface area contributed by atoms with Gasteiger partial charge in [0, 0.05) is 12.8 Å². The maximum atomic E-state index is 10.2. The first-order valence-electron chi connectivity index (χ1n) is 2.91. The van der Waals surface area contributed by atoms with E-state index in [4.69, 9.17) is 0 Å². The van der Waals surface area contributed by atoms with Crippen LogP contribution in [0.1, 0.15) is 12.8 Å². The topological polar surface area (TPSA) is 61.6 Å². The van der Waals surface area contributed by atoms with Gasteiger partial charge in [-0.25, -0.2) is 4.31 Å². The Morgan fingerprint density at radius 3 is 1.89 bits per heavy atom. The number of hydrogen-bond acceptors (Lipinski definition) is 3. The fourth-order valence-corrected chi connectivity index (χ4v) is 1.81. The normalized spacial score (nSPS) is 22.8. The second kappa shape index (κ2) is 2.24. The second-order valence-corrected chi connectivity index (χ2v) is 3.69. The Morgan fingerprint density at radius 1 is 1.22 bits per heavy atom. The number of rotatable bonds is 1. The maximum Gasteiger partial charge on any atom is 0.252 e. The summed E-state index contributed by atoms with van der Waals surface area (Å²) in [5.74, 6) is 0. The maximum absolute atomic E-state index is 10.2. The van der Waals surface area contributed by atoms with Crippen molar-refractivity contribution in [3.8, 4) is 0 Å². The first-order chi connectivity index (χ1) is 4.11. The first-order valence-corrected chi connectivity index (χ1v) is 4.32. The highest BCUT2D eigenvalue weighted by atomic mass is 32.2. The van der Waals surface area contributed by atoms with Crippen LogP contribution in [0.5, 0.6) is 0 Å². The summed E-state index contributed by atoms with van der Waals surface area (Å²) >= 11 is 0. The third-order valence-corrected chi connectivity index (χ3v) is 2.63. The first kappa shape index (κ1) is 6.98. The van der Waals surface area contributed by atoms with E-state index in [-0.39, 0.29) is 4.31 Å². The summed E-state index contributed by atoms with van der Waals surface area (Å²) < 4.78 is 30.9. The molecule has 0 atom stereocenters. The predicted octanol–water partition coefficient (Wildman–Crippen LogP) is -1.87. The zero-order chi connectivity index (χ0) is 6.91. The largest absolute Gasteiger partial charge is 0.702 e. The van der Waals surface area contributed by atoms with Crippen molar-refractivity contribution in [3.05, 3.63) is 0 Å². The summed E-state index contributed by atoms with van der Waals surface area (Å²) in [6, 6.07) is 0. The molecule has 1 aliphatic heterocycles. The number of nitrogens with one attached hydrogen (secondary N) is 1. The van der Waals surface area contributed by atoms with E-state index in [1.807, 2.05) is 0 Å². The second-order valence-electron chi connectivity index (χ2n) is 2.20. The lowest BCUT2D eigenvalue weighted by Gasteiger charge is -2.13. The molecular weight excluding hydrogens is 142 g/mol. The monoisotopic (exact) mass is 151 g/mol. The lowest BCUT2D eigenvalue weighted by Crippen LogP contribution is -3.11. The Labute approximate surface area is 54.4 Å². The van der Waals surface area contributed by atoms with Crippen molar-refractivity contribution < 1.29 is 17.3 Å². The summed E-state index contributed by atoms with van der Waals surface area (Å²) in [5, 5.41) is 0. The molecule has 1 fully saturated rings. The summed E-state index contributed by atoms with van der Waals surface area (Å²) in [5.41, 5.74) is 0. The van der Waals surface area contributed by atoms with Gasteiger partial charge in [0.25, 0.3) is 10.3 Å². The molecule has 0 radical (unpaired) electrons. The fourth-order valence-electron chi connectivity index (χ4n) is 1.02. The number of quaternary nitrogens is 1. The smallest absolute Gasteiger partial charge is 0.252 e. The Bertz CT molecular complexity index is 180. The van der Waals surface area contributed by atoms with E-state index in [1.165, 1.54) is 0 Å². The minimum Gasteiger partial charge on any atom is -0.702 e. The zero-order valence-electron chi connectivity index (χ0n) is 4.96. The van der Waals surface area contributed by atoms with Gasteiger partial charge >= 0.3 is 0 Å². The lowest BCUT2D eigenvalue weighted by molar-refractivity contribution is -0.757. The quantitative estimate of drug-likeness (QED) is 0.446. The van der Waals surface area contributed by atoms with Crippen LogP contribution in [0.15, 0.2) is 0 Å². The van der Waals surface area contributed by atoms with Crippen molar-refractivity contribution in [3.63, 3.8) is 0 Å². The molecule has 0 aliphatic carbocycles. The molecule has 0 aromatic heterocycles. The molecule has 0 unspecified atom stereocenters. The average Bonchev–Trinajstić information content (AvgIpc) is 2.08. The lowest BCUT2D eigenvalue weighted by atomic mass is 10.4. The van der Waals surface area contributed by atoms with Crippen LogP contribution in [0.25, 0.3) is 0 Å². The molecule has 5 heteroatoms. The van der Waals surface area contributed by atoms with E-state index in [2.05, 4.69) is 0 Å². The van der Waals surface area contributed by atoms with Gasteiger partial charge in [0.1, 0.15) is 0 Å². The SMILES string of the molecule is O=S(=O)([O-])[NH+]1CCCC1. The molecule has 0 spiro atoms. The predicted molar refractivity (Wildman–Crippen MR) is 29.6 cm³/mol. The Kier molecular flexibility index (Phi) is 1.74. The molecule has 0 bridgehead atoms. The highest BCUT2D eigenvalue weighted by Gasteiger charge is 2.20. The summed E-state index contributed by atoms with van der Waals surface area (Å²) in [4.78, 5) is 0. The molecule has 1 saturated heterocycles. The van der Waals surface area contributed by atoms with Crippen molar-refractivity contribution >= 4 is 10.3 Å². The Morgan fingerprint density at radius 2 is 1.67 bits per heavy atom. The van der Waals surface area contributed by atoms with Gasteiger partial charge in [0.2, 0.25) is 0 Å². The van der Waals surface area contributed by atoms with Gasteiger partial charge in [0.15, 0.2) is 0 Å². The molecule has 0 amide bonds. The van der Waals surface area contributed by atoms with E-state index >= 15 is 0 Å². The molecule has 1 N–H and O–H groups in total. The fraction of sp³-hybridized carbons (Fsp3) is 1.00. The summed E-state index contributed by atoms with van der Waals surface area (Å²) in [6.07, 6.45) is 1.72. The van der Waals surface area contributed by atoms with Gasteiger partial charge in [0.05, 0.1) is 13.1 Å². The standard InChI is InChI=1S/C4H9NO3S/c6-9(7,8)5-3-1-2-4-5/h1-4H2,(H,6,7,8). The van der Waals surface area contributed by atoms with Crippen LogP contribution in [0.4, 0.5) is 0 Å². The molecule has 54 valence electrons. The van der Waals surface area contributed by atoms with Gasteiger partial charge in [-0.2, -0.15) is 8.42 Å². The van der Waals surface area contributed by atoms with Crippen LogP contribution in [0.3, 0.4) is 0 Å². The molecule has 9 heavy (non-hydrogen) atoms. The highest BCUT2D eigenvalue weighted by molar-refractivity contribution is 7.79. The van der Waals surface area contributed by atoms with Crippen molar-refractivity contribution in [1.29, 1.82) is 0 Å². The molecule has 0 aromatic carbocycles. The van der Waals surface area contributed by atoms with Crippen LogP contribution >= 0.6 is 0 Å². The molecule has 4 nitrogen and oxygen atoms in total. The van der Waals surface area contributed by atoms with Gasteiger partial charge in [-0.05, 0) is 0 Å². The van der Waals surface area contributed by atoms with Gasteiger partial charge < -0.3 is 4.55 Å². The summed E-state index contributed by atoms with van der Waals surface area (Å²) in [7, 11) is -4.04. The van der Waals surface area contributed by atoms with E-state index in [0.29, 0.717) is 13.1 Å². The Hall–Kier alpha value is -0.130. The molecule has 1 heterocycles. The van der Waals surface area contributed by atoms with Crippen LogP contribution < -0.4 is 4.31 Å². The van der Waals surface area contributed by atoms with Gasteiger partial charge in [-0.3, -0.25) is 0 Å². The molecule has 0 aromatic rings. The van der Waals surface area contributed by atoms with Crippen LogP contribution in [0.2, 0.25) is 0 Å². The van der Waals surface area contributed by atoms with Gasteiger partial charge in [-0.15, -0.1) is 0 Å². The van der Waals surface area contributed by atoms with Crippen molar-refractivity contribution in [2.45, 2.75) is 12.8 Å². The third kappa shape index (κ3) is 1.64. The van der Waals surface area contributed by atoms with Gasteiger partial charge in [-0.1, -0.05) is 0 Å². The van der Waals surface area contributed by atoms with E-state index < -0.39 is 10.3 Å². The van der Waals surface area contributed by atoms with E-state index in [0.717, 1.165) is 12.8 Å². The molecule has 0 saturated carbocycles. The average molecular weight is 151 g/mol. The van der Waals surface area contributed by atoms with Crippen molar-refractivity contribution in [2.75, 3.05) is 13.1 Å².